The van der Waals surface area contributed by atoms with Gasteiger partial charge in [-0.15, -0.1) is 0 Å². The van der Waals surface area contributed by atoms with Gasteiger partial charge in [-0.1, -0.05) is 12.1 Å². The molecule has 1 aliphatic heterocycles. The minimum Gasteiger partial charge on any atom is -0.497 e. The van der Waals surface area contributed by atoms with Gasteiger partial charge in [0.25, 0.3) is 0 Å². The van der Waals surface area contributed by atoms with E-state index >= 15 is 0 Å². The van der Waals surface area contributed by atoms with E-state index in [0.717, 1.165) is 42.2 Å². The lowest BCUT2D eigenvalue weighted by Gasteiger charge is -2.20. The predicted octanol–water partition coefficient (Wildman–Crippen LogP) is 2.49. The molecule has 1 amide bonds. The lowest BCUT2D eigenvalue weighted by molar-refractivity contribution is -0.130. The molecular formula is C21H30N4O2. The lowest BCUT2D eigenvalue weighted by atomic mass is 9.96. The molecule has 1 aromatic heterocycles. The Morgan fingerprint density at radius 1 is 1.37 bits per heavy atom. The smallest absolute Gasteiger partial charge is 0.222 e. The highest BCUT2D eigenvalue weighted by Gasteiger charge is 2.20. The van der Waals surface area contributed by atoms with Gasteiger partial charge < -0.3 is 15.0 Å². The van der Waals surface area contributed by atoms with Crippen LogP contribution < -0.4 is 10.1 Å². The summed E-state index contributed by atoms with van der Waals surface area (Å²) in [5, 5.41) is 8.12. The molecule has 1 aromatic carbocycles. The third-order valence-electron chi connectivity index (χ3n) is 5.32. The monoisotopic (exact) mass is 370 g/mol. The molecule has 3 rings (SSSR count). The number of ether oxygens (including phenoxy) is 1. The van der Waals surface area contributed by atoms with Crippen molar-refractivity contribution in [2.75, 3.05) is 27.2 Å². The molecule has 27 heavy (non-hydrogen) atoms. The SMILES string of the molecule is COc1ccc(CCC(=O)N(C)Cc2cc([C@H]3CCCNC3)nn2C)cc1. The Labute approximate surface area is 161 Å². The van der Waals surface area contributed by atoms with Crippen LogP contribution in [0.25, 0.3) is 0 Å². The van der Waals surface area contributed by atoms with Gasteiger partial charge in [-0.25, -0.2) is 0 Å². The van der Waals surface area contributed by atoms with Gasteiger partial charge >= 0.3 is 0 Å². The van der Waals surface area contributed by atoms with Gasteiger partial charge in [0.1, 0.15) is 5.75 Å². The van der Waals surface area contributed by atoms with Crippen LogP contribution in [-0.4, -0.2) is 47.8 Å². The highest BCUT2D eigenvalue weighted by atomic mass is 16.5. The lowest BCUT2D eigenvalue weighted by Crippen LogP contribution is -2.28. The number of aromatic nitrogens is 2. The first kappa shape index (κ1) is 19.4. The van der Waals surface area contributed by atoms with Crippen molar-refractivity contribution >= 4 is 5.91 Å². The highest BCUT2D eigenvalue weighted by Crippen LogP contribution is 2.23. The first-order valence-corrected chi connectivity index (χ1v) is 9.67. The largest absolute Gasteiger partial charge is 0.497 e. The maximum Gasteiger partial charge on any atom is 0.222 e. The van der Waals surface area contributed by atoms with Crippen LogP contribution in [0.4, 0.5) is 0 Å². The number of carbonyl (C=O) groups is 1. The molecule has 0 unspecified atom stereocenters. The molecule has 0 spiro atoms. The summed E-state index contributed by atoms with van der Waals surface area (Å²) >= 11 is 0. The number of amides is 1. The molecule has 6 heteroatoms. The highest BCUT2D eigenvalue weighted by molar-refractivity contribution is 5.76. The molecule has 0 saturated carbocycles. The fraction of sp³-hybridized carbons (Fsp3) is 0.524. The van der Waals surface area contributed by atoms with E-state index in [4.69, 9.17) is 4.74 Å². The maximum absolute atomic E-state index is 12.5. The van der Waals surface area contributed by atoms with Gasteiger partial charge in [-0.3, -0.25) is 9.48 Å². The molecule has 0 radical (unpaired) electrons. The van der Waals surface area contributed by atoms with Crippen molar-refractivity contribution in [1.82, 2.24) is 20.0 Å². The van der Waals surface area contributed by atoms with Crippen molar-refractivity contribution in [2.24, 2.45) is 7.05 Å². The second-order valence-corrected chi connectivity index (χ2v) is 7.33. The van der Waals surface area contributed by atoms with E-state index in [2.05, 4.69) is 16.5 Å². The average Bonchev–Trinajstić information content (AvgIpc) is 3.07. The fourth-order valence-corrected chi connectivity index (χ4v) is 3.55. The molecule has 146 valence electrons. The predicted molar refractivity (Wildman–Crippen MR) is 106 cm³/mol. The van der Waals surface area contributed by atoms with Crippen LogP contribution >= 0.6 is 0 Å². The summed E-state index contributed by atoms with van der Waals surface area (Å²) in [6.45, 7) is 2.68. The zero-order chi connectivity index (χ0) is 19.2. The van der Waals surface area contributed by atoms with E-state index in [1.165, 1.54) is 12.8 Å². The van der Waals surface area contributed by atoms with E-state index in [1.807, 2.05) is 43.0 Å². The Morgan fingerprint density at radius 3 is 2.81 bits per heavy atom. The van der Waals surface area contributed by atoms with Crippen LogP contribution in [0.3, 0.4) is 0 Å². The van der Waals surface area contributed by atoms with Gasteiger partial charge in [0.2, 0.25) is 5.91 Å². The number of hydrogen-bond donors (Lipinski definition) is 1. The Bertz CT molecular complexity index is 748. The number of nitrogens with one attached hydrogen (secondary N) is 1. The van der Waals surface area contributed by atoms with Crippen molar-refractivity contribution in [3.05, 3.63) is 47.3 Å². The number of benzene rings is 1. The van der Waals surface area contributed by atoms with E-state index in [-0.39, 0.29) is 5.91 Å². The molecule has 6 nitrogen and oxygen atoms in total. The van der Waals surface area contributed by atoms with Crippen molar-refractivity contribution in [3.8, 4) is 5.75 Å². The van der Waals surface area contributed by atoms with E-state index < -0.39 is 0 Å². The van der Waals surface area contributed by atoms with E-state index in [9.17, 15) is 4.79 Å². The minimum absolute atomic E-state index is 0.146. The van der Waals surface area contributed by atoms with Gasteiger partial charge in [0.05, 0.1) is 25.0 Å². The van der Waals surface area contributed by atoms with Gasteiger partial charge in [0.15, 0.2) is 0 Å². The Balaban J connectivity index is 1.53. The van der Waals surface area contributed by atoms with Crippen molar-refractivity contribution in [2.45, 2.75) is 38.1 Å². The van der Waals surface area contributed by atoms with Crippen LogP contribution in [0, 0.1) is 0 Å². The number of rotatable bonds is 7. The second-order valence-electron chi connectivity index (χ2n) is 7.33. The molecule has 2 heterocycles. The van der Waals surface area contributed by atoms with Crippen LogP contribution in [0.15, 0.2) is 30.3 Å². The molecule has 1 atom stereocenters. The summed E-state index contributed by atoms with van der Waals surface area (Å²) in [5.74, 6) is 1.46. The van der Waals surface area contributed by atoms with Gasteiger partial charge in [-0.2, -0.15) is 5.10 Å². The van der Waals surface area contributed by atoms with E-state index in [0.29, 0.717) is 18.9 Å². The molecule has 1 aliphatic rings. The summed E-state index contributed by atoms with van der Waals surface area (Å²) in [6, 6.07) is 10.0. The summed E-state index contributed by atoms with van der Waals surface area (Å²) in [6.07, 6.45) is 3.61. The van der Waals surface area contributed by atoms with Crippen LogP contribution in [0.2, 0.25) is 0 Å². The fourth-order valence-electron chi connectivity index (χ4n) is 3.55. The number of nitrogens with zero attached hydrogens (tertiary/aromatic N) is 3. The minimum atomic E-state index is 0.146. The number of piperidine rings is 1. The average molecular weight is 370 g/mol. The maximum atomic E-state index is 12.5. The Morgan fingerprint density at radius 2 is 2.15 bits per heavy atom. The Hall–Kier alpha value is -2.34. The van der Waals surface area contributed by atoms with E-state index in [1.54, 1.807) is 12.0 Å². The Kier molecular flexibility index (Phi) is 6.50. The number of aryl methyl sites for hydroxylation is 2. The number of hydrogen-bond acceptors (Lipinski definition) is 4. The third-order valence-corrected chi connectivity index (χ3v) is 5.32. The van der Waals surface area contributed by atoms with Crippen molar-refractivity contribution in [1.29, 1.82) is 0 Å². The van der Waals surface area contributed by atoms with Crippen LogP contribution in [0.1, 0.15) is 42.1 Å². The van der Waals surface area contributed by atoms with Crippen molar-refractivity contribution in [3.63, 3.8) is 0 Å². The van der Waals surface area contributed by atoms with Gasteiger partial charge in [-0.05, 0) is 49.6 Å². The summed E-state index contributed by atoms with van der Waals surface area (Å²) < 4.78 is 7.08. The van der Waals surface area contributed by atoms with Gasteiger partial charge in [0, 0.05) is 33.0 Å². The zero-order valence-electron chi connectivity index (χ0n) is 16.6. The molecule has 1 fully saturated rings. The first-order valence-electron chi connectivity index (χ1n) is 9.67. The molecule has 0 aliphatic carbocycles. The molecule has 2 aromatic rings. The summed E-state index contributed by atoms with van der Waals surface area (Å²) in [5.41, 5.74) is 3.36. The third kappa shape index (κ3) is 5.10. The molecular weight excluding hydrogens is 340 g/mol. The molecule has 1 saturated heterocycles. The zero-order valence-corrected chi connectivity index (χ0v) is 16.6. The quantitative estimate of drug-likeness (QED) is 0.813. The summed E-state index contributed by atoms with van der Waals surface area (Å²) in [7, 11) is 5.48. The first-order chi connectivity index (χ1) is 13.1. The number of methoxy groups -OCH3 is 1. The van der Waals surface area contributed by atoms with Crippen LogP contribution in [-0.2, 0) is 24.8 Å². The summed E-state index contributed by atoms with van der Waals surface area (Å²) in [4.78, 5) is 14.3. The van der Waals surface area contributed by atoms with Crippen molar-refractivity contribution < 1.29 is 9.53 Å². The standard InChI is InChI=1S/C21H30N4O2/c1-24(21(26)11-8-16-6-9-19(27-3)10-7-16)15-18-13-20(23-25(18)2)17-5-4-12-22-14-17/h6-7,9-10,13,17,22H,4-5,8,11-12,14-15H2,1-3H3/t17-/m0/s1. The number of carbonyl (C=O) groups excluding carboxylic acids is 1. The molecule has 0 bridgehead atoms. The topological polar surface area (TPSA) is 59.4 Å². The van der Waals surface area contributed by atoms with Crippen LogP contribution in [0.5, 0.6) is 5.75 Å². The second kappa shape index (κ2) is 9.04. The normalized spacial score (nSPS) is 16.9. The molecule has 1 N–H and O–H groups in total.